The number of epoxide rings is 2. The van der Waals surface area contributed by atoms with Crippen molar-refractivity contribution >= 4 is 12.0 Å². The molecule has 4 aliphatic rings. The van der Waals surface area contributed by atoms with Crippen LogP contribution in [0, 0.1) is 5.92 Å². The minimum atomic E-state index is -0.463. The van der Waals surface area contributed by atoms with Gasteiger partial charge >= 0.3 is 6.09 Å². The van der Waals surface area contributed by atoms with E-state index in [1.807, 2.05) is 6.08 Å². The zero-order valence-electron chi connectivity index (χ0n) is 21.6. The van der Waals surface area contributed by atoms with E-state index in [1.165, 1.54) is 5.57 Å². The molecule has 0 bridgehead atoms. The Kier molecular flexibility index (Phi) is 7.90. The Hall–Kier alpha value is -1.94. The molecular formula is C26H41N3O6. The van der Waals surface area contributed by atoms with Crippen LogP contribution in [0.2, 0.25) is 0 Å². The number of rotatable bonds is 9. The molecule has 1 saturated carbocycles. The summed E-state index contributed by atoms with van der Waals surface area (Å²) in [6.45, 7) is 7.27. The standard InChI is InChI=1S/C26H41N3O6/c1-16(2)6-11-20-25(3,35-20)23-22(32-5)19(12-13-26(23)15-33-26)34-24(31)29-18-9-7-17(8-10-18)28-21(30)14-27-4/h6,12,17-18,20,22-23,27H,7-11,13-15H2,1-5H3,(H,28,30)(H,29,31)/t17?,18?,20-,22?,23?,25+,26+/m1/s1. The molecule has 0 aromatic heterocycles. The second kappa shape index (κ2) is 10.6. The lowest BCUT2D eigenvalue weighted by molar-refractivity contribution is -0.121. The molecule has 0 aromatic carbocycles. The summed E-state index contributed by atoms with van der Waals surface area (Å²) >= 11 is 0. The fourth-order valence-electron chi connectivity index (χ4n) is 5.82. The third kappa shape index (κ3) is 5.90. The quantitative estimate of drug-likeness (QED) is 0.336. The lowest BCUT2D eigenvalue weighted by atomic mass is 9.71. The highest BCUT2D eigenvalue weighted by Crippen LogP contribution is 2.59. The van der Waals surface area contributed by atoms with Crippen LogP contribution < -0.4 is 16.0 Å². The Morgan fingerprint density at radius 1 is 1.17 bits per heavy atom. The third-order valence-corrected chi connectivity index (χ3v) is 7.87. The van der Waals surface area contributed by atoms with Crippen molar-refractivity contribution in [3.8, 4) is 0 Å². The maximum absolute atomic E-state index is 12.8. The normalized spacial score (nSPS) is 37.7. The summed E-state index contributed by atoms with van der Waals surface area (Å²) in [6, 6.07) is 0.176. The summed E-state index contributed by atoms with van der Waals surface area (Å²) in [5, 5.41) is 8.89. The molecule has 1 spiro atoms. The van der Waals surface area contributed by atoms with E-state index in [9.17, 15) is 9.59 Å². The predicted molar refractivity (Wildman–Crippen MR) is 131 cm³/mol. The Bertz CT molecular complexity index is 857. The van der Waals surface area contributed by atoms with Crippen LogP contribution in [0.5, 0.6) is 0 Å². The fraction of sp³-hybridized carbons (Fsp3) is 0.769. The minimum Gasteiger partial charge on any atom is -0.412 e. The van der Waals surface area contributed by atoms with Gasteiger partial charge in [0.15, 0.2) is 0 Å². The molecule has 3 fully saturated rings. The van der Waals surface area contributed by atoms with Crippen molar-refractivity contribution in [2.45, 2.75) is 94.8 Å². The first-order chi connectivity index (χ1) is 16.7. The van der Waals surface area contributed by atoms with Gasteiger partial charge in [-0.2, -0.15) is 0 Å². The molecule has 2 unspecified atom stereocenters. The first-order valence-corrected chi connectivity index (χ1v) is 12.8. The highest BCUT2D eigenvalue weighted by Gasteiger charge is 2.71. The van der Waals surface area contributed by atoms with Crippen LogP contribution in [0.25, 0.3) is 0 Å². The van der Waals surface area contributed by atoms with E-state index >= 15 is 0 Å². The average molecular weight is 492 g/mol. The SMILES string of the molecule is CNCC(=O)NC1CCC(NC(=O)OC2=CC[C@]3(CO3)C([C@@]3(C)O[C@@H]3CC=C(C)C)C2OC)CC1. The van der Waals surface area contributed by atoms with Crippen molar-refractivity contribution in [1.82, 2.24) is 16.0 Å². The number of amides is 2. The lowest BCUT2D eigenvalue weighted by Crippen LogP contribution is -2.50. The van der Waals surface area contributed by atoms with Crippen molar-refractivity contribution in [2.24, 2.45) is 5.92 Å². The zero-order chi connectivity index (χ0) is 25.2. The number of methoxy groups -OCH3 is 1. The molecule has 2 heterocycles. The maximum atomic E-state index is 12.8. The first kappa shape index (κ1) is 26.1. The van der Waals surface area contributed by atoms with Gasteiger partial charge < -0.3 is 34.9 Å². The van der Waals surface area contributed by atoms with Gasteiger partial charge in [0.25, 0.3) is 0 Å². The Labute approximate surface area is 208 Å². The number of carbonyl (C=O) groups excluding carboxylic acids is 2. The number of hydrogen-bond donors (Lipinski definition) is 3. The van der Waals surface area contributed by atoms with E-state index in [0.29, 0.717) is 25.3 Å². The molecule has 9 heteroatoms. The van der Waals surface area contributed by atoms with E-state index in [4.69, 9.17) is 18.9 Å². The second-order valence-corrected chi connectivity index (χ2v) is 10.8. The molecule has 4 rings (SSSR count). The number of alkyl carbamates (subject to hydrolysis) is 1. The van der Waals surface area contributed by atoms with Gasteiger partial charge in [-0.1, -0.05) is 11.6 Å². The monoisotopic (exact) mass is 491 g/mol. The molecule has 2 aliphatic heterocycles. The van der Waals surface area contributed by atoms with Crippen LogP contribution in [-0.2, 0) is 23.7 Å². The number of hydrogen-bond acceptors (Lipinski definition) is 7. The summed E-state index contributed by atoms with van der Waals surface area (Å²) in [5.74, 6) is 0.475. The Balaban J connectivity index is 1.32. The van der Waals surface area contributed by atoms with Gasteiger partial charge in [0.05, 0.1) is 25.2 Å². The van der Waals surface area contributed by atoms with Crippen LogP contribution in [0.3, 0.4) is 0 Å². The van der Waals surface area contributed by atoms with Crippen molar-refractivity contribution in [2.75, 3.05) is 27.3 Å². The van der Waals surface area contributed by atoms with E-state index in [0.717, 1.165) is 32.1 Å². The molecular weight excluding hydrogens is 450 g/mol. The smallest absolute Gasteiger partial charge is 0.412 e. The van der Waals surface area contributed by atoms with Crippen molar-refractivity contribution in [3.05, 3.63) is 23.5 Å². The minimum absolute atomic E-state index is 0.00144. The third-order valence-electron chi connectivity index (χ3n) is 7.87. The molecule has 9 nitrogen and oxygen atoms in total. The number of likely N-dealkylation sites (N-methyl/N-ethyl adjacent to an activating group) is 1. The molecule has 196 valence electrons. The topological polar surface area (TPSA) is 114 Å². The highest BCUT2D eigenvalue weighted by molar-refractivity contribution is 5.78. The van der Waals surface area contributed by atoms with E-state index in [-0.39, 0.29) is 35.6 Å². The molecule has 2 saturated heterocycles. The molecule has 35 heavy (non-hydrogen) atoms. The van der Waals surface area contributed by atoms with Gasteiger partial charge in [-0.05, 0) is 66.0 Å². The maximum Gasteiger partial charge on any atom is 0.412 e. The molecule has 2 amide bonds. The van der Waals surface area contributed by atoms with Crippen molar-refractivity contribution in [1.29, 1.82) is 0 Å². The Morgan fingerprint density at radius 3 is 2.40 bits per heavy atom. The number of nitrogens with one attached hydrogen (secondary N) is 3. The lowest BCUT2D eigenvalue weighted by Gasteiger charge is -2.38. The number of allylic oxidation sites excluding steroid dienone is 1. The van der Waals surface area contributed by atoms with Crippen molar-refractivity contribution < 1.29 is 28.5 Å². The van der Waals surface area contributed by atoms with Crippen LogP contribution in [0.1, 0.15) is 59.3 Å². The largest absolute Gasteiger partial charge is 0.412 e. The molecule has 2 aliphatic carbocycles. The molecule has 0 radical (unpaired) electrons. The summed E-state index contributed by atoms with van der Waals surface area (Å²) in [4.78, 5) is 24.6. The molecule has 0 aromatic rings. The van der Waals surface area contributed by atoms with Gasteiger partial charge in [-0.3, -0.25) is 4.79 Å². The van der Waals surface area contributed by atoms with Crippen LogP contribution in [0.4, 0.5) is 4.79 Å². The predicted octanol–water partition coefficient (Wildman–Crippen LogP) is 2.56. The fourth-order valence-corrected chi connectivity index (χ4v) is 5.82. The molecule has 5 atom stereocenters. The number of carbonyl (C=O) groups is 2. The van der Waals surface area contributed by atoms with E-state index in [1.54, 1.807) is 14.2 Å². The van der Waals surface area contributed by atoms with Gasteiger partial charge in [-0.25, -0.2) is 4.79 Å². The van der Waals surface area contributed by atoms with Crippen LogP contribution in [0.15, 0.2) is 23.5 Å². The van der Waals surface area contributed by atoms with Crippen LogP contribution >= 0.6 is 0 Å². The average Bonchev–Trinajstić information content (AvgIpc) is 3.72. The van der Waals surface area contributed by atoms with Crippen molar-refractivity contribution in [3.63, 3.8) is 0 Å². The van der Waals surface area contributed by atoms with Gasteiger partial charge in [-0.15, -0.1) is 0 Å². The highest BCUT2D eigenvalue weighted by atomic mass is 16.6. The zero-order valence-corrected chi connectivity index (χ0v) is 21.6. The van der Waals surface area contributed by atoms with E-state index in [2.05, 4.69) is 42.8 Å². The van der Waals surface area contributed by atoms with Gasteiger partial charge in [0, 0.05) is 25.6 Å². The van der Waals surface area contributed by atoms with Crippen LogP contribution in [-0.4, -0.2) is 74.8 Å². The number of ether oxygens (including phenoxy) is 4. The summed E-state index contributed by atoms with van der Waals surface area (Å²) in [7, 11) is 3.40. The molecule has 3 N–H and O–H groups in total. The Morgan fingerprint density at radius 2 is 1.83 bits per heavy atom. The van der Waals surface area contributed by atoms with Gasteiger partial charge in [0.1, 0.15) is 23.1 Å². The summed E-state index contributed by atoms with van der Waals surface area (Å²) < 4.78 is 23.9. The van der Waals surface area contributed by atoms with Gasteiger partial charge in [0.2, 0.25) is 5.91 Å². The van der Waals surface area contributed by atoms with E-state index < -0.39 is 17.8 Å². The summed E-state index contributed by atoms with van der Waals surface area (Å²) in [6.07, 6.45) is 8.11. The first-order valence-electron chi connectivity index (χ1n) is 12.8. The summed E-state index contributed by atoms with van der Waals surface area (Å²) in [5.41, 5.74) is 0.565. The second-order valence-electron chi connectivity index (χ2n) is 10.8.